The molecule has 2 rings (SSSR count). The van der Waals surface area contributed by atoms with Gasteiger partial charge in [0.2, 0.25) is 5.91 Å². The van der Waals surface area contributed by atoms with Gasteiger partial charge in [-0.05, 0) is 18.6 Å². The zero-order valence-corrected chi connectivity index (χ0v) is 9.00. The van der Waals surface area contributed by atoms with E-state index in [0.29, 0.717) is 13.0 Å². The fourth-order valence-corrected chi connectivity index (χ4v) is 1.59. The van der Waals surface area contributed by atoms with E-state index in [9.17, 15) is 13.6 Å². The lowest BCUT2D eigenvalue weighted by Gasteiger charge is -2.20. The number of rotatable bonds is 2. The first kappa shape index (κ1) is 11.9. The normalized spacial score (nSPS) is 23.7. The van der Waals surface area contributed by atoms with Crippen LogP contribution in [-0.2, 0) is 9.53 Å². The first-order valence-corrected chi connectivity index (χ1v) is 5.14. The van der Waals surface area contributed by atoms with Crippen molar-refractivity contribution >= 4 is 11.6 Å². The Bertz CT molecular complexity index is 445. The van der Waals surface area contributed by atoms with Crippen LogP contribution in [0.4, 0.5) is 14.5 Å². The molecule has 1 amide bonds. The van der Waals surface area contributed by atoms with E-state index >= 15 is 0 Å². The number of amides is 1. The number of anilines is 1. The summed E-state index contributed by atoms with van der Waals surface area (Å²) >= 11 is 0. The SMILES string of the molecule is NC1(C(=O)Nc2ccc(F)c(F)c2)CCOC1. The molecule has 0 bridgehead atoms. The lowest BCUT2D eigenvalue weighted by atomic mass is 9.99. The Labute approximate surface area is 96.7 Å². The second kappa shape index (κ2) is 4.38. The maximum absolute atomic E-state index is 12.9. The Morgan fingerprint density at radius 3 is 2.76 bits per heavy atom. The van der Waals surface area contributed by atoms with Gasteiger partial charge < -0.3 is 15.8 Å². The van der Waals surface area contributed by atoms with E-state index in [1.165, 1.54) is 6.07 Å². The Morgan fingerprint density at radius 1 is 1.41 bits per heavy atom. The molecule has 0 spiro atoms. The lowest BCUT2D eigenvalue weighted by molar-refractivity contribution is -0.121. The molecule has 1 saturated heterocycles. The molecule has 1 fully saturated rings. The minimum atomic E-state index is -1.09. The fraction of sp³-hybridized carbons (Fsp3) is 0.364. The molecule has 0 aromatic heterocycles. The van der Waals surface area contributed by atoms with E-state index in [2.05, 4.69) is 5.32 Å². The van der Waals surface area contributed by atoms with Crippen molar-refractivity contribution in [2.24, 2.45) is 5.73 Å². The second-order valence-corrected chi connectivity index (χ2v) is 4.04. The summed E-state index contributed by atoms with van der Waals surface area (Å²) in [7, 11) is 0. The molecule has 3 N–H and O–H groups in total. The van der Waals surface area contributed by atoms with Gasteiger partial charge in [0.05, 0.1) is 6.61 Å². The van der Waals surface area contributed by atoms with Crippen LogP contribution < -0.4 is 11.1 Å². The van der Waals surface area contributed by atoms with E-state index in [4.69, 9.17) is 10.5 Å². The number of halogens is 2. The number of nitrogens with one attached hydrogen (secondary N) is 1. The zero-order valence-electron chi connectivity index (χ0n) is 9.00. The molecular formula is C11H12F2N2O2. The maximum Gasteiger partial charge on any atom is 0.246 e. The van der Waals surface area contributed by atoms with Gasteiger partial charge in [-0.2, -0.15) is 0 Å². The van der Waals surface area contributed by atoms with Crippen LogP contribution in [0.15, 0.2) is 18.2 Å². The Hall–Kier alpha value is -1.53. The molecule has 1 heterocycles. The minimum absolute atomic E-state index is 0.127. The summed E-state index contributed by atoms with van der Waals surface area (Å²) in [4.78, 5) is 11.8. The molecule has 0 radical (unpaired) electrons. The van der Waals surface area contributed by atoms with Crippen LogP contribution in [0.1, 0.15) is 6.42 Å². The van der Waals surface area contributed by atoms with Gasteiger partial charge in [-0.3, -0.25) is 4.79 Å². The van der Waals surface area contributed by atoms with Crippen LogP contribution in [0.25, 0.3) is 0 Å². The molecule has 1 aliphatic heterocycles. The molecule has 0 aliphatic carbocycles. The third-order valence-electron chi connectivity index (χ3n) is 2.68. The van der Waals surface area contributed by atoms with Crippen molar-refractivity contribution in [1.29, 1.82) is 0 Å². The highest BCUT2D eigenvalue weighted by molar-refractivity contribution is 5.98. The number of hydrogen-bond donors (Lipinski definition) is 2. The van der Waals surface area contributed by atoms with Crippen molar-refractivity contribution in [2.45, 2.75) is 12.0 Å². The summed E-state index contributed by atoms with van der Waals surface area (Å²) in [5, 5.41) is 2.44. The van der Waals surface area contributed by atoms with Gasteiger partial charge in [0.15, 0.2) is 11.6 Å². The molecule has 1 atom stereocenters. The molecule has 1 aliphatic rings. The van der Waals surface area contributed by atoms with Crippen LogP contribution in [0.5, 0.6) is 0 Å². The first-order chi connectivity index (χ1) is 8.01. The molecule has 0 saturated carbocycles. The summed E-state index contributed by atoms with van der Waals surface area (Å²) in [6, 6.07) is 3.13. The van der Waals surface area contributed by atoms with Gasteiger partial charge in [0.25, 0.3) is 0 Å². The third kappa shape index (κ3) is 2.42. The Kier molecular flexibility index (Phi) is 3.08. The lowest BCUT2D eigenvalue weighted by Crippen LogP contribution is -2.51. The quantitative estimate of drug-likeness (QED) is 0.813. The van der Waals surface area contributed by atoms with Crippen molar-refractivity contribution < 1.29 is 18.3 Å². The van der Waals surface area contributed by atoms with Gasteiger partial charge in [-0.1, -0.05) is 0 Å². The van der Waals surface area contributed by atoms with Crippen LogP contribution in [0, 0.1) is 11.6 Å². The minimum Gasteiger partial charge on any atom is -0.379 e. The molecular weight excluding hydrogens is 230 g/mol. The molecule has 1 aromatic rings. The van der Waals surface area contributed by atoms with Crippen molar-refractivity contribution in [3.05, 3.63) is 29.8 Å². The van der Waals surface area contributed by atoms with Crippen LogP contribution in [0.2, 0.25) is 0 Å². The standard InChI is InChI=1S/C11H12F2N2O2/c12-8-2-1-7(5-9(8)13)15-10(16)11(14)3-4-17-6-11/h1-2,5H,3-4,6,14H2,(H,15,16). The van der Waals surface area contributed by atoms with Gasteiger partial charge >= 0.3 is 0 Å². The highest BCUT2D eigenvalue weighted by Gasteiger charge is 2.38. The van der Waals surface area contributed by atoms with Crippen molar-refractivity contribution in [2.75, 3.05) is 18.5 Å². The Morgan fingerprint density at radius 2 is 2.18 bits per heavy atom. The van der Waals surface area contributed by atoms with Gasteiger partial charge in [-0.25, -0.2) is 8.78 Å². The number of nitrogens with two attached hydrogens (primary N) is 1. The monoisotopic (exact) mass is 242 g/mol. The number of benzene rings is 1. The van der Waals surface area contributed by atoms with E-state index in [1.54, 1.807) is 0 Å². The van der Waals surface area contributed by atoms with Gasteiger partial charge in [0, 0.05) is 18.4 Å². The maximum atomic E-state index is 12.9. The molecule has 1 unspecified atom stereocenters. The smallest absolute Gasteiger partial charge is 0.246 e. The molecule has 17 heavy (non-hydrogen) atoms. The predicted octanol–water partition coefficient (Wildman–Crippen LogP) is 1.02. The van der Waals surface area contributed by atoms with Crippen LogP contribution in [0.3, 0.4) is 0 Å². The highest BCUT2D eigenvalue weighted by Crippen LogP contribution is 2.19. The van der Waals surface area contributed by atoms with Gasteiger partial charge in [-0.15, -0.1) is 0 Å². The molecule has 92 valence electrons. The average Bonchev–Trinajstić information content (AvgIpc) is 2.72. The molecule has 1 aromatic carbocycles. The summed E-state index contributed by atoms with van der Waals surface area (Å²) in [5.74, 6) is -2.44. The van der Waals surface area contributed by atoms with Crippen LogP contribution in [-0.4, -0.2) is 24.7 Å². The fourth-order valence-electron chi connectivity index (χ4n) is 1.59. The van der Waals surface area contributed by atoms with E-state index in [0.717, 1.165) is 12.1 Å². The second-order valence-electron chi connectivity index (χ2n) is 4.04. The number of hydrogen-bond acceptors (Lipinski definition) is 3. The number of ether oxygens (including phenoxy) is 1. The Balaban J connectivity index is 2.10. The topological polar surface area (TPSA) is 64.4 Å². The van der Waals surface area contributed by atoms with E-state index < -0.39 is 23.1 Å². The third-order valence-corrected chi connectivity index (χ3v) is 2.68. The predicted molar refractivity (Wildman–Crippen MR) is 57.3 cm³/mol. The summed E-state index contributed by atoms with van der Waals surface area (Å²) in [6.07, 6.45) is 0.405. The van der Waals surface area contributed by atoms with Crippen molar-refractivity contribution in [3.8, 4) is 0 Å². The largest absolute Gasteiger partial charge is 0.379 e. The van der Waals surface area contributed by atoms with Gasteiger partial charge in [0.1, 0.15) is 5.54 Å². The summed E-state index contributed by atoms with van der Waals surface area (Å²) < 4.78 is 30.6. The average molecular weight is 242 g/mol. The van der Waals surface area contributed by atoms with E-state index in [-0.39, 0.29) is 12.3 Å². The zero-order chi connectivity index (χ0) is 12.5. The summed E-state index contributed by atoms with van der Waals surface area (Å²) in [6.45, 7) is 0.546. The van der Waals surface area contributed by atoms with Crippen LogP contribution >= 0.6 is 0 Å². The number of carbonyl (C=O) groups excluding carboxylic acids is 1. The van der Waals surface area contributed by atoms with Crippen molar-refractivity contribution in [3.63, 3.8) is 0 Å². The first-order valence-electron chi connectivity index (χ1n) is 5.14. The van der Waals surface area contributed by atoms with Crippen molar-refractivity contribution in [1.82, 2.24) is 0 Å². The highest BCUT2D eigenvalue weighted by atomic mass is 19.2. The number of carbonyl (C=O) groups is 1. The molecule has 6 heteroatoms. The molecule has 4 nitrogen and oxygen atoms in total. The summed E-state index contributed by atoms with van der Waals surface area (Å²) in [5.41, 5.74) is 4.89. The van der Waals surface area contributed by atoms with E-state index in [1.807, 2.05) is 0 Å².